The standard InChI is InChI=1S/C12H18N4O/c13-9-4-3-8(6-9)7-16-12-10(11(14)17)2-1-5-15-12/h1-2,5,8-9H,3-4,6-7,13H2,(H2,14,17)(H,15,16). The van der Waals surface area contributed by atoms with Crippen molar-refractivity contribution >= 4 is 11.7 Å². The molecule has 0 radical (unpaired) electrons. The number of aromatic nitrogens is 1. The molecule has 1 aliphatic rings. The molecular formula is C12H18N4O. The number of nitrogens with one attached hydrogen (secondary N) is 1. The van der Waals surface area contributed by atoms with Gasteiger partial charge in [0, 0.05) is 18.8 Å². The summed E-state index contributed by atoms with van der Waals surface area (Å²) in [6.07, 6.45) is 4.89. The molecule has 1 fully saturated rings. The average molecular weight is 234 g/mol. The molecular weight excluding hydrogens is 216 g/mol. The number of anilines is 1. The van der Waals surface area contributed by atoms with Crippen LogP contribution in [0.4, 0.5) is 5.82 Å². The maximum absolute atomic E-state index is 11.2. The Labute approximate surface area is 101 Å². The van der Waals surface area contributed by atoms with Gasteiger partial charge in [0.15, 0.2) is 0 Å². The van der Waals surface area contributed by atoms with Gasteiger partial charge in [0.1, 0.15) is 5.82 Å². The molecule has 0 saturated heterocycles. The number of carbonyl (C=O) groups excluding carboxylic acids is 1. The molecule has 0 bridgehead atoms. The zero-order valence-corrected chi connectivity index (χ0v) is 9.73. The minimum absolute atomic E-state index is 0.321. The van der Waals surface area contributed by atoms with E-state index in [2.05, 4.69) is 10.3 Å². The van der Waals surface area contributed by atoms with Gasteiger partial charge >= 0.3 is 0 Å². The van der Waals surface area contributed by atoms with Crippen LogP contribution >= 0.6 is 0 Å². The van der Waals surface area contributed by atoms with Crippen molar-refractivity contribution in [3.63, 3.8) is 0 Å². The third kappa shape index (κ3) is 2.94. The van der Waals surface area contributed by atoms with Crippen molar-refractivity contribution < 1.29 is 4.79 Å². The molecule has 0 aromatic carbocycles. The fourth-order valence-corrected chi connectivity index (χ4v) is 2.29. The number of carbonyl (C=O) groups is 1. The molecule has 1 aromatic heterocycles. The average Bonchev–Trinajstić information content (AvgIpc) is 2.73. The molecule has 2 atom stereocenters. The second-order valence-corrected chi connectivity index (χ2v) is 4.58. The third-order valence-corrected chi connectivity index (χ3v) is 3.21. The van der Waals surface area contributed by atoms with Gasteiger partial charge in [-0.25, -0.2) is 4.98 Å². The van der Waals surface area contributed by atoms with Crippen LogP contribution in [0, 0.1) is 5.92 Å². The summed E-state index contributed by atoms with van der Waals surface area (Å²) in [5.74, 6) is 0.678. The highest BCUT2D eigenvalue weighted by Crippen LogP contribution is 2.24. The van der Waals surface area contributed by atoms with Crippen LogP contribution in [0.5, 0.6) is 0 Å². The molecule has 17 heavy (non-hydrogen) atoms. The Morgan fingerprint density at radius 1 is 1.53 bits per heavy atom. The Balaban J connectivity index is 1.97. The van der Waals surface area contributed by atoms with Gasteiger partial charge in [-0.1, -0.05) is 0 Å². The quantitative estimate of drug-likeness (QED) is 0.715. The van der Waals surface area contributed by atoms with E-state index in [9.17, 15) is 4.79 Å². The molecule has 1 aliphatic carbocycles. The second kappa shape index (κ2) is 5.14. The van der Waals surface area contributed by atoms with Gasteiger partial charge in [-0.2, -0.15) is 0 Å². The lowest BCUT2D eigenvalue weighted by Crippen LogP contribution is -2.20. The van der Waals surface area contributed by atoms with E-state index in [-0.39, 0.29) is 0 Å². The Bertz CT molecular complexity index is 407. The van der Waals surface area contributed by atoms with Crippen LogP contribution in [0.25, 0.3) is 0 Å². The smallest absolute Gasteiger partial charge is 0.252 e. The lowest BCUT2D eigenvalue weighted by atomic mass is 10.1. The van der Waals surface area contributed by atoms with E-state index in [1.807, 2.05) is 0 Å². The first-order chi connectivity index (χ1) is 8.16. The van der Waals surface area contributed by atoms with Crippen molar-refractivity contribution in [2.75, 3.05) is 11.9 Å². The van der Waals surface area contributed by atoms with Crippen LogP contribution in [0.1, 0.15) is 29.6 Å². The normalized spacial score (nSPS) is 23.6. The molecule has 0 spiro atoms. The summed E-state index contributed by atoms with van der Waals surface area (Å²) in [7, 11) is 0. The summed E-state index contributed by atoms with van der Waals surface area (Å²) in [6.45, 7) is 0.797. The SMILES string of the molecule is NC(=O)c1cccnc1NCC1CCC(N)C1. The van der Waals surface area contributed by atoms with Gasteiger partial charge in [0.05, 0.1) is 5.56 Å². The Morgan fingerprint density at radius 3 is 3.00 bits per heavy atom. The van der Waals surface area contributed by atoms with Crippen molar-refractivity contribution in [3.05, 3.63) is 23.9 Å². The van der Waals surface area contributed by atoms with Crippen molar-refractivity contribution in [2.24, 2.45) is 17.4 Å². The number of nitrogens with zero attached hydrogens (tertiary/aromatic N) is 1. The molecule has 2 rings (SSSR count). The molecule has 1 amide bonds. The highest BCUT2D eigenvalue weighted by Gasteiger charge is 2.21. The minimum Gasteiger partial charge on any atom is -0.369 e. The predicted molar refractivity (Wildman–Crippen MR) is 66.6 cm³/mol. The van der Waals surface area contributed by atoms with Crippen LogP contribution < -0.4 is 16.8 Å². The summed E-state index contributed by atoms with van der Waals surface area (Å²) in [4.78, 5) is 15.3. The Morgan fingerprint density at radius 2 is 2.35 bits per heavy atom. The minimum atomic E-state index is -0.455. The van der Waals surface area contributed by atoms with E-state index >= 15 is 0 Å². The second-order valence-electron chi connectivity index (χ2n) is 4.58. The highest BCUT2D eigenvalue weighted by molar-refractivity contribution is 5.97. The van der Waals surface area contributed by atoms with E-state index in [0.29, 0.717) is 23.3 Å². The molecule has 5 nitrogen and oxygen atoms in total. The fourth-order valence-electron chi connectivity index (χ4n) is 2.29. The van der Waals surface area contributed by atoms with Crippen LogP contribution in [0.2, 0.25) is 0 Å². The summed E-state index contributed by atoms with van der Waals surface area (Å²) in [5, 5.41) is 3.19. The van der Waals surface area contributed by atoms with Gasteiger partial charge in [0.2, 0.25) is 0 Å². The summed E-state index contributed by atoms with van der Waals surface area (Å²) in [5.41, 5.74) is 11.6. The van der Waals surface area contributed by atoms with Gasteiger partial charge in [-0.3, -0.25) is 4.79 Å². The number of pyridine rings is 1. The summed E-state index contributed by atoms with van der Waals surface area (Å²) in [6, 6.07) is 3.70. The lowest BCUT2D eigenvalue weighted by molar-refractivity contribution is 0.100. The van der Waals surface area contributed by atoms with Gasteiger partial charge in [-0.05, 0) is 37.3 Å². The van der Waals surface area contributed by atoms with Gasteiger partial charge in [0.25, 0.3) is 5.91 Å². The van der Waals surface area contributed by atoms with E-state index < -0.39 is 5.91 Å². The zero-order valence-electron chi connectivity index (χ0n) is 9.73. The number of nitrogens with two attached hydrogens (primary N) is 2. The zero-order chi connectivity index (χ0) is 12.3. The monoisotopic (exact) mass is 234 g/mol. The molecule has 5 heteroatoms. The molecule has 1 aromatic rings. The third-order valence-electron chi connectivity index (χ3n) is 3.21. The topological polar surface area (TPSA) is 94.0 Å². The molecule has 92 valence electrons. The number of rotatable bonds is 4. The number of hydrogen-bond acceptors (Lipinski definition) is 4. The predicted octanol–water partition coefficient (Wildman–Crippen LogP) is 0.720. The van der Waals surface area contributed by atoms with Crippen LogP contribution in [0.3, 0.4) is 0 Å². The van der Waals surface area contributed by atoms with E-state index in [0.717, 1.165) is 25.8 Å². The van der Waals surface area contributed by atoms with Crippen LogP contribution in [0.15, 0.2) is 18.3 Å². The van der Waals surface area contributed by atoms with E-state index in [1.54, 1.807) is 18.3 Å². The van der Waals surface area contributed by atoms with E-state index in [4.69, 9.17) is 11.5 Å². The highest BCUT2D eigenvalue weighted by atomic mass is 16.1. The van der Waals surface area contributed by atoms with Gasteiger partial charge in [-0.15, -0.1) is 0 Å². The van der Waals surface area contributed by atoms with Crippen molar-refractivity contribution in [2.45, 2.75) is 25.3 Å². The number of amides is 1. The van der Waals surface area contributed by atoms with Crippen molar-refractivity contribution in [1.29, 1.82) is 0 Å². The van der Waals surface area contributed by atoms with Gasteiger partial charge < -0.3 is 16.8 Å². The maximum atomic E-state index is 11.2. The first-order valence-electron chi connectivity index (χ1n) is 5.91. The van der Waals surface area contributed by atoms with E-state index in [1.165, 1.54) is 0 Å². The molecule has 1 saturated carbocycles. The Kier molecular flexibility index (Phi) is 3.58. The van der Waals surface area contributed by atoms with Crippen LogP contribution in [-0.4, -0.2) is 23.5 Å². The fraction of sp³-hybridized carbons (Fsp3) is 0.500. The summed E-state index contributed by atoms with van der Waals surface area (Å²) < 4.78 is 0. The first-order valence-corrected chi connectivity index (χ1v) is 5.91. The van der Waals surface area contributed by atoms with Crippen molar-refractivity contribution in [3.8, 4) is 0 Å². The summed E-state index contributed by atoms with van der Waals surface area (Å²) >= 11 is 0. The maximum Gasteiger partial charge on any atom is 0.252 e. The molecule has 0 aliphatic heterocycles. The Hall–Kier alpha value is -1.62. The van der Waals surface area contributed by atoms with Crippen molar-refractivity contribution in [1.82, 2.24) is 4.98 Å². The largest absolute Gasteiger partial charge is 0.369 e. The molecule has 5 N–H and O–H groups in total. The van der Waals surface area contributed by atoms with Crippen LogP contribution in [-0.2, 0) is 0 Å². The number of primary amides is 1. The first kappa shape index (κ1) is 11.9. The molecule has 2 unspecified atom stereocenters. The lowest BCUT2D eigenvalue weighted by Gasteiger charge is -2.13. The number of hydrogen-bond donors (Lipinski definition) is 3. The molecule has 1 heterocycles.